The quantitative estimate of drug-likeness (QED) is 0.619. The van der Waals surface area contributed by atoms with E-state index in [9.17, 15) is 8.42 Å². The van der Waals surface area contributed by atoms with Gasteiger partial charge in [0.2, 0.25) is 16.0 Å². The Kier molecular flexibility index (Phi) is 4.72. The van der Waals surface area contributed by atoms with Gasteiger partial charge in [-0.2, -0.15) is 4.98 Å². The van der Waals surface area contributed by atoms with Crippen molar-refractivity contribution in [3.63, 3.8) is 0 Å². The molecule has 2 heterocycles. The third-order valence-electron chi connectivity index (χ3n) is 4.32. The summed E-state index contributed by atoms with van der Waals surface area (Å²) in [7, 11) is -3.47. The van der Waals surface area contributed by atoms with E-state index in [2.05, 4.69) is 42.1 Å². The summed E-state index contributed by atoms with van der Waals surface area (Å²) in [6.45, 7) is 2.03. The summed E-state index contributed by atoms with van der Waals surface area (Å²) in [6.07, 6.45) is 3.13. The Bertz CT molecular complexity index is 1150. The lowest BCUT2D eigenvalue weighted by molar-refractivity contribution is 0.603. The van der Waals surface area contributed by atoms with Crippen LogP contribution in [0.2, 0.25) is 0 Å². The van der Waals surface area contributed by atoms with Gasteiger partial charge in [-0.25, -0.2) is 13.1 Å². The zero-order valence-electron chi connectivity index (χ0n) is 15.2. The molecular formula is C19H18BrN5O2S. The van der Waals surface area contributed by atoms with Gasteiger partial charge >= 0.3 is 0 Å². The lowest BCUT2D eigenvalue weighted by Gasteiger charge is -2.24. The smallest absolute Gasteiger partial charge is 0.257 e. The molecule has 2 N–H and O–H groups in total. The molecule has 0 radical (unpaired) electrons. The van der Waals surface area contributed by atoms with Crippen LogP contribution >= 0.6 is 15.9 Å². The third-order valence-corrected chi connectivity index (χ3v) is 5.40. The fraction of sp³-hybridized carbons (Fsp3) is 0.158. The molecule has 3 aromatic rings. The van der Waals surface area contributed by atoms with Crippen molar-refractivity contribution in [1.82, 2.24) is 14.8 Å². The van der Waals surface area contributed by atoms with Crippen molar-refractivity contribution in [3.05, 3.63) is 75.8 Å². The molecule has 1 atom stereocenters. The first-order valence-corrected chi connectivity index (χ1v) is 11.2. The number of benzene rings is 2. The minimum Gasteiger partial charge on any atom is -0.324 e. The number of anilines is 2. The molecule has 28 heavy (non-hydrogen) atoms. The van der Waals surface area contributed by atoms with Gasteiger partial charge in [0.25, 0.3) is 5.95 Å². The maximum Gasteiger partial charge on any atom is 0.257 e. The standard InChI is InChI=1S/C19H18BrN5O2S/c1-12-3-5-14(6-4-12)17-11-16(13-7-9-15(20)10-8-13)21-19-22-18(23-25(17)19)24-28(2,26)27/h3-11,17H,1-2H3,(H2,21,22,23,24)/t17-/m0/s1. The number of aryl methyl sites for hydroxylation is 1. The fourth-order valence-corrected chi connectivity index (χ4v) is 3.68. The van der Waals surface area contributed by atoms with Crippen LogP contribution in [-0.4, -0.2) is 29.4 Å². The van der Waals surface area contributed by atoms with Crippen molar-refractivity contribution >= 4 is 43.5 Å². The van der Waals surface area contributed by atoms with Crippen LogP contribution in [0.4, 0.5) is 11.9 Å². The van der Waals surface area contributed by atoms with Crippen LogP contribution in [0.25, 0.3) is 5.70 Å². The number of sulfonamides is 1. The van der Waals surface area contributed by atoms with Crippen molar-refractivity contribution in [3.8, 4) is 0 Å². The average Bonchev–Trinajstić information content (AvgIpc) is 3.02. The van der Waals surface area contributed by atoms with Crippen molar-refractivity contribution in [2.75, 3.05) is 16.3 Å². The number of aromatic nitrogens is 3. The highest BCUT2D eigenvalue weighted by Gasteiger charge is 2.26. The molecular weight excluding hydrogens is 442 g/mol. The molecule has 0 saturated heterocycles. The minimum absolute atomic E-state index is 0.0348. The zero-order valence-corrected chi connectivity index (χ0v) is 17.6. The first-order valence-electron chi connectivity index (χ1n) is 8.54. The lowest BCUT2D eigenvalue weighted by atomic mass is 10.0. The second-order valence-electron chi connectivity index (χ2n) is 6.65. The van der Waals surface area contributed by atoms with Crippen LogP contribution in [0.15, 0.2) is 59.1 Å². The van der Waals surface area contributed by atoms with Gasteiger partial charge in [-0.15, -0.1) is 5.10 Å². The zero-order chi connectivity index (χ0) is 19.9. The lowest BCUT2D eigenvalue weighted by Crippen LogP contribution is -2.20. The van der Waals surface area contributed by atoms with Gasteiger partial charge in [0, 0.05) is 10.2 Å². The van der Waals surface area contributed by atoms with Gasteiger partial charge in [-0.05, 0) is 36.3 Å². The van der Waals surface area contributed by atoms with E-state index in [0.29, 0.717) is 5.95 Å². The van der Waals surface area contributed by atoms with E-state index in [4.69, 9.17) is 0 Å². The molecule has 0 bridgehead atoms. The molecule has 0 spiro atoms. The summed E-state index contributed by atoms with van der Waals surface area (Å²) in [5.41, 5.74) is 4.06. The molecule has 0 saturated carbocycles. The summed E-state index contributed by atoms with van der Waals surface area (Å²) in [5.74, 6) is 0.504. The Hall–Kier alpha value is -2.65. The van der Waals surface area contributed by atoms with Gasteiger partial charge in [0.05, 0.1) is 6.26 Å². The summed E-state index contributed by atoms with van der Waals surface area (Å²) in [6, 6.07) is 15.9. The molecule has 7 nitrogen and oxygen atoms in total. The van der Waals surface area contributed by atoms with Crippen LogP contribution in [0.3, 0.4) is 0 Å². The Morgan fingerprint density at radius 2 is 1.79 bits per heavy atom. The first-order chi connectivity index (χ1) is 13.3. The van der Waals surface area contributed by atoms with Crippen LogP contribution in [0.5, 0.6) is 0 Å². The number of hydrogen-bond acceptors (Lipinski definition) is 5. The molecule has 144 valence electrons. The van der Waals surface area contributed by atoms with Gasteiger partial charge < -0.3 is 5.32 Å². The van der Waals surface area contributed by atoms with E-state index in [1.807, 2.05) is 55.5 Å². The van der Waals surface area contributed by atoms with E-state index < -0.39 is 10.0 Å². The minimum atomic E-state index is -3.47. The summed E-state index contributed by atoms with van der Waals surface area (Å²) in [4.78, 5) is 4.32. The number of fused-ring (bicyclic) bond motifs is 1. The molecule has 0 aliphatic carbocycles. The van der Waals surface area contributed by atoms with E-state index in [0.717, 1.165) is 33.1 Å². The number of nitrogens with one attached hydrogen (secondary N) is 2. The van der Waals surface area contributed by atoms with Gasteiger partial charge in [0.15, 0.2) is 0 Å². The highest BCUT2D eigenvalue weighted by molar-refractivity contribution is 9.10. The van der Waals surface area contributed by atoms with Crippen molar-refractivity contribution in [2.24, 2.45) is 0 Å². The van der Waals surface area contributed by atoms with Crippen molar-refractivity contribution in [1.29, 1.82) is 0 Å². The highest BCUT2D eigenvalue weighted by Crippen LogP contribution is 2.33. The normalized spacial score (nSPS) is 16.1. The number of hydrogen-bond donors (Lipinski definition) is 2. The Balaban J connectivity index is 1.80. The van der Waals surface area contributed by atoms with Crippen LogP contribution in [-0.2, 0) is 10.0 Å². The van der Waals surface area contributed by atoms with Crippen LogP contribution in [0, 0.1) is 6.92 Å². The molecule has 0 amide bonds. The van der Waals surface area contributed by atoms with Crippen molar-refractivity contribution in [2.45, 2.75) is 13.0 Å². The molecule has 0 unspecified atom stereocenters. The first kappa shape index (κ1) is 18.7. The maximum absolute atomic E-state index is 11.6. The topological polar surface area (TPSA) is 88.9 Å². The maximum atomic E-state index is 11.6. The summed E-state index contributed by atoms with van der Waals surface area (Å²) >= 11 is 3.45. The third kappa shape index (κ3) is 3.95. The van der Waals surface area contributed by atoms with Gasteiger partial charge in [-0.1, -0.05) is 57.9 Å². The molecule has 0 fully saturated rings. The molecule has 1 aromatic heterocycles. The fourth-order valence-electron chi connectivity index (χ4n) is 3.00. The number of halogens is 1. The SMILES string of the molecule is Cc1ccc([C@@H]2C=C(c3ccc(Br)cc3)Nc3nc(NS(C)(=O)=O)nn32)cc1. The number of rotatable bonds is 4. The van der Waals surface area contributed by atoms with Gasteiger partial charge in [-0.3, -0.25) is 4.72 Å². The predicted molar refractivity (Wildman–Crippen MR) is 114 cm³/mol. The summed E-state index contributed by atoms with van der Waals surface area (Å²) in [5, 5.41) is 7.61. The molecule has 1 aliphatic heterocycles. The van der Waals surface area contributed by atoms with Crippen molar-refractivity contribution < 1.29 is 8.42 Å². The molecule has 4 rings (SSSR count). The number of allylic oxidation sites excluding steroid dienone is 1. The molecule has 9 heteroatoms. The van der Waals surface area contributed by atoms with Gasteiger partial charge in [0.1, 0.15) is 6.04 Å². The monoisotopic (exact) mass is 459 g/mol. The Morgan fingerprint density at radius 3 is 2.43 bits per heavy atom. The van der Waals surface area contributed by atoms with E-state index >= 15 is 0 Å². The summed E-state index contributed by atoms with van der Waals surface area (Å²) < 4.78 is 28.2. The predicted octanol–water partition coefficient (Wildman–Crippen LogP) is 3.78. The Morgan fingerprint density at radius 1 is 1.11 bits per heavy atom. The van der Waals surface area contributed by atoms with Crippen LogP contribution < -0.4 is 10.0 Å². The number of nitrogens with zero attached hydrogens (tertiary/aromatic N) is 3. The van der Waals surface area contributed by atoms with E-state index in [1.54, 1.807) is 4.68 Å². The Labute approximate surface area is 171 Å². The van der Waals surface area contributed by atoms with Crippen LogP contribution in [0.1, 0.15) is 22.7 Å². The average molecular weight is 460 g/mol. The molecule has 2 aromatic carbocycles. The van der Waals surface area contributed by atoms with E-state index in [1.165, 1.54) is 0 Å². The molecule has 1 aliphatic rings. The second kappa shape index (κ2) is 7.06. The largest absolute Gasteiger partial charge is 0.324 e. The highest BCUT2D eigenvalue weighted by atomic mass is 79.9. The second-order valence-corrected chi connectivity index (χ2v) is 9.31. The van der Waals surface area contributed by atoms with E-state index in [-0.39, 0.29) is 12.0 Å².